The molecule has 4 aromatic rings. The lowest BCUT2D eigenvalue weighted by atomic mass is 10.1. The summed E-state index contributed by atoms with van der Waals surface area (Å²) in [7, 11) is 0. The molecule has 4 rings (SSSR count). The number of benzene rings is 2. The second kappa shape index (κ2) is 7.83. The molecule has 0 atom stereocenters. The SMILES string of the molecule is Cc1ccc(Cn2ccc(NC(=O)Cn3nnc(-c4ccccc4)n3)n2)cc1. The largest absolute Gasteiger partial charge is 0.308 e. The number of nitrogens with zero attached hydrogens (tertiary/aromatic N) is 6. The van der Waals surface area contributed by atoms with Crippen LogP contribution in [0.1, 0.15) is 11.1 Å². The van der Waals surface area contributed by atoms with Crippen LogP contribution in [-0.2, 0) is 17.9 Å². The minimum atomic E-state index is -0.266. The van der Waals surface area contributed by atoms with E-state index in [4.69, 9.17) is 0 Å². The molecular formula is C20H19N7O. The molecule has 0 aliphatic rings. The summed E-state index contributed by atoms with van der Waals surface area (Å²) in [6, 6.07) is 19.5. The molecule has 0 aliphatic carbocycles. The van der Waals surface area contributed by atoms with Gasteiger partial charge in [0.1, 0.15) is 6.54 Å². The van der Waals surface area contributed by atoms with E-state index >= 15 is 0 Å². The zero-order valence-corrected chi connectivity index (χ0v) is 15.4. The third kappa shape index (κ3) is 4.29. The molecule has 8 nitrogen and oxygen atoms in total. The first-order valence-electron chi connectivity index (χ1n) is 8.88. The lowest BCUT2D eigenvalue weighted by Crippen LogP contribution is -2.20. The number of carbonyl (C=O) groups excluding carboxylic acids is 1. The summed E-state index contributed by atoms with van der Waals surface area (Å²) in [5.41, 5.74) is 3.21. The molecule has 1 N–H and O–H groups in total. The van der Waals surface area contributed by atoms with Gasteiger partial charge in [0.05, 0.1) is 6.54 Å². The molecule has 0 saturated carbocycles. The minimum Gasteiger partial charge on any atom is -0.308 e. The molecule has 8 heteroatoms. The quantitative estimate of drug-likeness (QED) is 0.561. The summed E-state index contributed by atoms with van der Waals surface area (Å²) in [6.07, 6.45) is 1.83. The molecular weight excluding hydrogens is 354 g/mol. The molecule has 1 amide bonds. The molecule has 0 bridgehead atoms. The Morgan fingerprint density at radius 1 is 1.00 bits per heavy atom. The highest BCUT2D eigenvalue weighted by Gasteiger charge is 2.10. The van der Waals surface area contributed by atoms with Crippen LogP contribution in [0.3, 0.4) is 0 Å². The van der Waals surface area contributed by atoms with Gasteiger partial charge in [-0.25, -0.2) is 0 Å². The first kappa shape index (κ1) is 17.6. The number of nitrogens with one attached hydrogen (secondary N) is 1. The van der Waals surface area contributed by atoms with Gasteiger partial charge in [-0.2, -0.15) is 9.90 Å². The third-order valence-corrected chi connectivity index (χ3v) is 4.14. The van der Waals surface area contributed by atoms with Crippen molar-refractivity contribution in [2.45, 2.75) is 20.0 Å². The Kier molecular flexibility index (Phi) is 4.92. The third-order valence-electron chi connectivity index (χ3n) is 4.14. The standard InChI is InChI=1S/C20H19N7O/c1-15-7-9-16(10-8-15)13-26-12-11-18(23-26)21-19(28)14-27-24-20(22-25-27)17-5-3-2-4-6-17/h2-12H,13-14H2,1H3,(H,21,23,28). The van der Waals surface area contributed by atoms with E-state index in [1.165, 1.54) is 10.4 Å². The summed E-state index contributed by atoms with van der Waals surface area (Å²) in [6.45, 7) is 2.66. The molecule has 0 spiro atoms. The van der Waals surface area contributed by atoms with E-state index in [9.17, 15) is 4.79 Å². The Balaban J connectivity index is 1.35. The van der Waals surface area contributed by atoms with Gasteiger partial charge in [0, 0.05) is 17.8 Å². The van der Waals surface area contributed by atoms with Gasteiger partial charge in [-0.1, -0.05) is 60.2 Å². The maximum atomic E-state index is 12.2. The number of aryl methyl sites for hydroxylation is 1. The second-order valence-corrected chi connectivity index (χ2v) is 6.44. The monoisotopic (exact) mass is 373 g/mol. The molecule has 28 heavy (non-hydrogen) atoms. The molecule has 0 unspecified atom stereocenters. The van der Waals surface area contributed by atoms with Crippen LogP contribution < -0.4 is 5.32 Å². The van der Waals surface area contributed by atoms with Gasteiger partial charge in [0.15, 0.2) is 5.82 Å². The molecule has 2 aromatic heterocycles. The summed E-state index contributed by atoms with van der Waals surface area (Å²) in [4.78, 5) is 13.5. The van der Waals surface area contributed by atoms with Gasteiger partial charge in [-0.05, 0) is 17.7 Å². The van der Waals surface area contributed by atoms with Crippen molar-refractivity contribution >= 4 is 11.7 Å². The van der Waals surface area contributed by atoms with E-state index in [2.05, 4.69) is 57.0 Å². The van der Waals surface area contributed by atoms with Crippen molar-refractivity contribution < 1.29 is 4.79 Å². The van der Waals surface area contributed by atoms with Crippen LogP contribution in [-0.4, -0.2) is 35.9 Å². The van der Waals surface area contributed by atoms with Gasteiger partial charge in [-0.15, -0.1) is 10.2 Å². The van der Waals surface area contributed by atoms with Crippen LogP contribution in [0.5, 0.6) is 0 Å². The number of carbonyl (C=O) groups is 1. The van der Waals surface area contributed by atoms with Crippen molar-refractivity contribution in [2.24, 2.45) is 0 Å². The van der Waals surface area contributed by atoms with E-state index in [0.717, 1.165) is 11.1 Å². The van der Waals surface area contributed by atoms with Gasteiger partial charge in [0.2, 0.25) is 11.7 Å². The lowest BCUT2D eigenvalue weighted by Gasteiger charge is -2.03. The number of rotatable bonds is 6. The summed E-state index contributed by atoms with van der Waals surface area (Å²) < 4.78 is 1.78. The van der Waals surface area contributed by atoms with Gasteiger partial charge in [-0.3, -0.25) is 9.48 Å². The van der Waals surface area contributed by atoms with Crippen molar-refractivity contribution in [2.75, 3.05) is 5.32 Å². The van der Waals surface area contributed by atoms with Crippen LogP contribution in [0, 0.1) is 6.92 Å². The van der Waals surface area contributed by atoms with Crippen molar-refractivity contribution in [3.05, 3.63) is 78.0 Å². The predicted molar refractivity (Wildman–Crippen MR) is 104 cm³/mol. The Bertz CT molecular complexity index is 1070. The van der Waals surface area contributed by atoms with Crippen molar-refractivity contribution in [1.82, 2.24) is 30.0 Å². The Hall–Kier alpha value is -3.81. The smallest absolute Gasteiger partial charge is 0.249 e. The van der Waals surface area contributed by atoms with Crippen molar-refractivity contribution in [1.29, 1.82) is 0 Å². The van der Waals surface area contributed by atoms with E-state index in [0.29, 0.717) is 18.2 Å². The van der Waals surface area contributed by atoms with Crippen molar-refractivity contribution in [3.8, 4) is 11.4 Å². The average molecular weight is 373 g/mol. The van der Waals surface area contributed by atoms with Gasteiger partial charge >= 0.3 is 0 Å². The number of hydrogen-bond donors (Lipinski definition) is 1. The first-order valence-corrected chi connectivity index (χ1v) is 8.88. The molecule has 2 heterocycles. The number of amides is 1. The maximum Gasteiger partial charge on any atom is 0.249 e. The maximum absolute atomic E-state index is 12.2. The number of anilines is 1. The number of aromatic nitrogens is 6. The lowest BCUT2D eigenvalue weighted by molar-refractivity contribution is -0.117. The van der Waals surface area contributed by atoms with Crippen molar-refractivity contribution in [3.63, 3.8) is 0 Å². The van der Waals surface area contributed by atoms with E-state index in [1.807, 2.05) is 36.5 Å². The van der Waals surface area contributed by atoms with Crippen LogP contribution in [0.4, 0.5) is 5.82 Å². The first-order chi connectivity index (χ1) is 13.7. The zero-order chi connectivity index (χ0) is 19.3. The fourth-order valence-electron chi connectivity index (χ4n) is 2.72. The summed E-state index contributed by atoms with van der Waals surface area (Å²) >= 11 is 0. The molecule has 140 valence electrons. The summed E-state index contributed by atoms with van der Waals surface area (Å²) in [5, 5.41) is 19.3. The summed E-state index contributed by atoms with van der Waals surface area (Å²) in [5.74, 6) is 0.703. The van der Waals surface area contributed by atoms with E-state index < -0.39 is 0 Å². The fraction of sp³-hybridized carbons (Fsp3) is 0.150. The molecule has 0 fully saturated rings. The molecule has 0 aliphatic heterocycles. The van der Waals surface area contributed by atoms with E-state index in [-0.39, 0.29) is 12.5 Å². The highest BCUT2D eigenvalue weighted by molar-refractivity contribution is 5.89. The van der Waals surface area contributed by atoms with Crippen LogP contribution in [0.2, 0.25) is 0 Å². The van der Waals surface area contributed by atoms with Crippen LogP contribution >= 0.6 is 0 Å². The minimum absolute atomic E-state index is 0.0370. The second-order valence-electron chi connectivity index (χ2n) is 6.44. The average Bonchev–Trinajstić information content (AvgIpc) is 3.34. The molecule has 0 saturated heterocycles. The topological polar surface area (TPSA) is 90.5 Å². The van der Waals surface area contributed by atoms with Gasteiger partial charge < -0.3 is 5.32 Å². The molecule has 2 aromatic carbocycles. The number of hydrogen-bond acceptors (Lipinski definition) is 5. The fourth-order valence-corrected chi connectivity index (χ4v) is 2.72. The number of tetrazole rings is 1. The highest BCUT2D eigenvalue weighted by Crippen LogP contribution is 2.12. The highest BCUT2D eigenvalue weighted by atomic mass is 16.2. The normalized spacial score (nSPS) is 10.8. The Morgan fingerprint density at radius 2 is 1.79 bits per heavy atom. The Labute approximate surface area is 161 Å². The van der Waals surface area contributed by atoms with Gasteiger partial charge in [0.25, 0.3) is 0 Å². The molecule has 0 radical (unpaired) electrons. The zero-order valence-electron chi connectivity index (χ0n) is 15.4. The predicted octanol–water partition coefficient (Wildman–Crippen LogP) is 2.53. The Morgan fingerprint density at radius 3 is 2.57 bits per heavy atom. The van der Waals surface area contributed by atoms with Crippen LogP contribution in [0.15, 0.2) is 66.9 Å². The van der Waals surface area contributed by atoms with Crippen LogP contribution in [0.25, 0.3) is 11.4 Å². The van der Waals surface area contributed by atoms with E-state index in [1.54, 1.807) is 10.7 Å².